The van der Waals surface area contributed by atoms with E-state index in [1.165, 1.54) is 6.92 Å². The topological polar surface area (TPSA) is 55.8 Å². The van der Waals surface area contributed by atoms with E-state index in [2.05, 4.69) is 19.6 Å². The Hall–Kier alpha value is -0.666. The molecule has 1 rings (SSSR count). The third kappa shape index (κ3) is 5.37. The number of nitrogens with zero attached hydrogens (tertiary/aromatic N) is 1. The number of amides is 1. The average molecular weight is 318 g/mol. The van der Waals surface area contributed by atoms with Crippen molar-refractivity contribution in [1.29, 1.82) is 0 Å². The van der Waals surface area contributed by atoms with Crippen LogP contribution in [0.15, 0.2) is 0 Å². The van der Waals surface area contributed by atoms with E-state index in [9.17, 15) is 9.59 Å². The second kappa shape index (κ2) is 5.99. The zero-order valence-electron chi connectivity index (χ0n) is 13.6. The molecule has 0 bridgehead atoms. The summed E-state index contributed by atoms with van der Waals surface area (Å²) >= 11 is 0. The summed E-state index contributed by atoms with van der Waals surface area (Å²) < 4.78 is 11.6. The molecule has 0 spiro atoms. The standard InChI is InChI=1S/C13H27NO4Si2/c1-10(15)14-9-11(17-19(2,3)4)8-12(14)13(16)18-20(5,6)7/h11-12H,8-9H2,1-7H3. The molecule has 0 saturated carbocycles. The summed E-state index contributed by atoms with van der Waals surface area (Å²) in [6.45, 7) is 14.2. The van der Waals surface area contributed by atoms with Gasteiger partial charge in [-0.25, -0.2) is 0 Å². The molecule has 2 atom stereocenters. The van der Waals surface area contributed by atoms with Gasteiger partial charge in [0.05, 0.1) is 6.10 Å². The van der Waals surface area contributed by atoms with Crippen molar-refractivity contribution in [3.8, 4) is 0 Å². The second-order valence-electron chi connectivity index (χ2n) is 7.31. The first-order valence-electron chi connectivity index (χ1n) is 7.07. The Morgan fingerprint density at radius 3 is 2.00 bits per heavy atom. The molecule has 0 aromatic rings. The van der Waals surface area contributed by atoms with E-state index in [0.29, 0.717) is 13.0 Å². The molecule has 7 heteroatoms. The molecule has 0 radical (unpaired) electrons. The van der Waals surface area contributed by atoms with Crippen molar-refractivity contribution in [3.05, 3.63) is 0 Å². The summed E-state index contributed by atoms with van der Waals surface area (Å²) in [6, 6.07) is -0.486. The van der Waals surface area contributed by atoms with Crippen LogP contribution in [0.25, 0.3) is 0 Å². The van der Waals surface area contributed by atoms with Crippen LogP contribution in [0.1, 0.15) is 13.3 Å². The van der Waals surface area contributed by atoms with Crippen LogP contribution >= 0.6 is 0 Å². The lowest BCUT2D eigenvalue weighted by molar-refractivity contribution is -0.145. The molecule has 0 aliphatic carbocycles. The van der Waals surface area contributed by atoms with E-state index in [-0.39, 0.29) is 18.0 Å². The smallest absolute Gasteiger partial charge is 0.315 e. The van der Waals surface area contributed by atoms with Crippen molar-refractivity contribution in [2.75, 3.05) is 6.54 Å². The third-order valence-corrected chi connectivity index (χ3v) is 4.72. The van der Waals surface area contributed by atoms with Gasteiger partial charge in [-0.3, -0.25) is 9.59 Å². The highest BCUT2D eigenvalue weighted by atomic mass is 28.4. The molecule has 1 saturated heterocycles. The van der Waals surface area contributed by atoms with Gasteiger partial charge in [0.15, 0.2) is 8.32 Å². The minimum absolute atomic E-state index is 0.0512. The van der Waals surface area contributed by atoms with Crippen LogP contribution < -0.4 is 0 Å². The molecule has 1 heterocycles. The Kier molecular flexibility index (Phi) is 5.20. The van der Waals surface area contributed by atoms with Crippen molar-refractivity contribution >= 4 is 28.5 Å². The molecule has 20 heavy (non-hydrogen) atoms. The van der Waals surface area contributed by atoms with Gasteiger partial charge in [-0.1, -0.05) is 0 Å². The molecule has 1 amide bonds. The largest absolute Gasteiger partial charge is 0.518 e. The van der Waals surface area contributed by atoms with Gasteiger partial charge in [-0.2, -0.15) is 0 Å². The maximum atomic E-state index is 12.3. The maximum Gasteiger partial charge on any atom is 0.315 e. The normalized spacial score (nSPS) is 23.9. The molecule has 2 unspecified atom stereocenters. The molecular formula is C13H27NO4Si2. The highest BCUT2D eigenvalue weighted by Crippen LogP contribution is 2.25. The van der Waals surface area contributed by atoms with Crippen LogP contribution in [0.5, 0.6) is 0 Å². The van der Waals surface area contributed by atoms with Crippen molar-refractivity contribution in [3.63, 3.8) is 0 Å². The molecule has 0 aromatic heterocycles. The van der Waals surface area contributed by atoms with Crippen LogP contribution in [-0.2, 0) is 18.4 Å². The molecule has 1 aliphatic rings. The van der Waals surface area contributed by atoms with Crippen LogP contribution in [0.2, 0.25) is 39.3 Å². The Labute approximate surface area is 123 Å². The van der Waals surface area contributed by atoms with E-state index in [0.717, 1.165) is 0 Å². The van der Waals surface area contributed by atoms with E-state index >= 15 is 0 Å². The Morgan fingerprint density at radius 2 is 1.60 bits per heavy atom. The van der Waals surface area contributed by atoms with Crippen LogP contribution in [0.4, 0.5) is 0 Å². The fourth-order valence-electron chi connectivity index (χ4n) is 2.32. The van der Waals surface area contributed by atoms with Gasteiger partial charge in [0.2, 0.25) is 14.2 Å². The monoisotopic (exact) mass is 317 g/mol. The van der Waals surface area contributed by atoms with Crippen molar-refractivity contribution < 1.29 is 18.4 Å². The minimum Gasteiger partial charge on any atom is -0.518 e. The summed E-state index contributed by atoms with van der Waals surface area (Å²) in [5.41, 5.74) is 0. The molecule has 0 aromatic carbocycles. The summed E-state index contributed by atoms with van der Waals surface area (Å²) in [6.07, 6.45) is 0.498. The van der Waals surface area contributed by atoms with Gasteiger partial charge in [0.1, 0.15) is 6.04 Å². The zero-order valence-corrected chi connectivity index (χ0v) is 15.6. The highest BCUT2D eigenvalue weighted by Gasteiger charge is 2.42. The number of carbonyl (C=O) groups is 2. The summed E-state index contributed by atoms with van der Waals surface area (Å²) in [5, 5.41) is 0. The van der Waals surface area contributed by atoms with Crippen molar-refractivity contribution in [2.45, 2.75) is 64.8 Å². The Morgan fingerprint density at radius 1 is 1.05 bits per heavy atom. The second-order valence-corrected chi connectivity index (χ2v) is 16.2. The Balaban J connectivity index is 2.78. The summed E-state index contributed by atoms with van der Waals surface area (Å²) in [7, 11) is -3.62. The van der Waals surface area contributed by atoms with Crippen LogP contribution in [-0.4, -0.2) is 52.1 Å². The molecule has 1 aliphatic heterocycles. The number of carbonyl (C=O) groups excluding carboxylic acids is 2. The van der Waals surface area contributed by atoms with Gasteiger partial charge in [-0.15, -0.1) is 0 Å². The number of likely N-dealkylation sites (tertiary alicyclic amines) is 1. The van der Waals surface area contributed by atoms with Gasteiger partial charge in [0.25, 0.3) is 0 Å². The molecule has 116 valence electrons. The molecule has 5 nitrogen and oxygen atoms in total. The van der Waals surface area contributed by atoms with Crippen LogP contribution in [0.3, 0.4) is 0 Å². The first-order valence-corrected chi connectivity index (χ1v) is 13.9. The number of hydrogen-bond acceptors (Lipinski definition) is 4. The number of rotatable bonds is 4. The minimum atomic E-state index is -1.94. The van der Waals surface area contributed by atoms with E-state index < -0.39 is 22.7 Å². The summed E-state index contributed by atoms with van der Waals surface area (Å²) in [5.74, 6) is -0.370. The first-order chi connectivity index (χ1) is 8.89. The molecule has 1 fully saturated rings. The van der Waals surface area contributed by atoms with Crippen LogP contribution in [0, 0.1) is 0 Å². The van der Waals surface area contributed by atoms with E-state index in [1.807, 2.05) is 19.6 Å². The van der Waals surface area contributed by atoms with Gasteiger partial charge in [0, 0.05) is 19.9 Å². The van der Waals surface area contributed by atoms with Crippen molar-refractivity contribution in [2.24, 2.45) is 0 Å². The lowest BCUT2D eigenvalue weighted by Crippen LogP contribution is -2.43. The Bertz CT molecular complexity index is 387. The van der Waals surface area contributed by atoms with Gasteiger partial charge < -0.3 is 13.8 Å². The average Bonchev–Trinajstić information content (AvgIpc) is 2.56. The highest BCUT2D eigenvalue weighted by molar-refractivity contribution is 6.71. The number of hydrogen-bond donors (Lipinski definition) is 0. The maximum absolute atomic E-state index is 12.3. The van der Waals surface area contributed by atoms with E-state index in [4.69, 9.17) is 8.85 Å². The fourth-order valence-corrected chi connectivity index (χ4v) is 4.23. The lowest BCUT2D eigenvalue weighted by Gasteiger charge is -2.25. The fraction of sp³-hybridized carbons (Fsp3) is 0.846. The predicted molar refractivity (Wildman–Crippen MR) is 83.4 cm³/mol. The first kappa shape index (κ1) is 17.4. The lowest BCUT2D eigenvalue weighted by atomic mass is 10.2. The quantitative estimate of drug-likeness (QED) is 0.746. The zero-order chi connectivity index (χ0) is 15.7. The summed E-state index contributed by atoms with van der Waals surface area (Å²) in [4.78, 5) is 25.6. The predicted octanol–water partition coefficient (Wildman–Crippen LogP) is 2.21. The molecule has 0 N–H and O–H groups in total. The van der Waals surface area contributed by atoms with Crippen molar-refractivity contribution in [1.82, 2.24) is 4.90 Å². The SMILES string of the molecule is CC(=O)N1CC(O[Si](C)(C)C)CC1C(=O)O[Si](C)(C)C. The van der Waals surface area contributed by atoms with E-state index in [1.54, 1.807) is 4.90 Å². The van der Waals surface area contributed by atoms with Gasteiger partial charge in [-0.05, 0) is 39.3 Å². The molecular weight excluding hydrogens is 290 g/mol. The third-order valence-electron chi connectivity index (χ3n) is 2.87. The van der Waals surface area contributed by atoms with Gasteiger partial charge >= 0.3 is 5.97 Å².